The highest BCUT2D eigenvalue weighted by Crippen LogP contribution is 2.39. The fourth-order valence-corrected chi connectivity index (χ4v) is 5.03. The second kappa shape index (κ2) is 6.35. The number of fused-ring (bicyclic) bond motifs is 3. The number of carbonyl (C=O) groups excluding carboxylic acids is 1. The predicted octanol–water partition coefficient (Wildman–Crippen LogP) is 3.19. The van der Waals surface area contributed by atoms with Crippen LogP contribution in [-0.2, 0) is 29.1 Å². The quantitative estimate of drug-likeness (QED) is 0.755. The van der Waals surface area contributed by atoms with Gasteiger partial charge in [0, 0.05) is 23.9 Å². The summed E-state index contributed by atoms with van der Waals surface area (Å²) in [5.41, 5.74) is 3.66. The molecule has 1 aromatic heterocycles. The van der Waals surface area contributed by atoms with Gasteiger partial charge in [0.1, 0.15) is 0 Å². The first kappa shape index (κ1) is 17.5. The van der Waals surface area contributed by atoms with Gasteiger partial charge in [0.25, 0.3) is 5.91 Å². The molecule has 1 N–H and O–H groups in total. The number of aromatic nitrogens is 2. The van der Waals surface area contributed by atoms with Crippen molar-refractivity contribution in [3.63, 3.8) is 0 Å². The second-order valence-corrected chi connectivity index (χ2v) is 8.52. The summed E-state index contributed by atoms with van der Waals surface area (Å²) < 4.78 is 26.9. The third-order valence-corrected chi connectivity index (χ3v) is 6.49. The van der Waals surface area contributed by atoms with Crippen molar-refractivity contribution in [3.8, 4) is 11.3 Å². The molecule has 0 saturated heterocycles. The van der Waals surface area contributed by atoms with E-state index in [4.69, 9.17) is 0 Å². The van der Waals surface area contributed by atoms with Gasteiger partial charge in [-0.15, -0.1) is 0 Å². The molecule has 1 aliphatic rings. The van der Waals surface area contributed by atoms with E-state index in [1.165, 1.54) is 5.56 Å². The molecule has 7 heteroatoms. The Labute approximate surface area is 157 Å². The van der Waals surface area contributed by atoms with Crippen LogP contribution < -0.4 is 5.32 Å². The maximum atomic E-state index is 12.8. The van der Waals surface area contributed by atoms with Gasteiger partial charge in [0.2, 0.25) is 0 Å². The summed E-state index contributed by atoms with van der Waals surface area (Å²) in [6.45, 7) is 2.06. The minimum Gasteiger partial charge on any atom is -0.321 e. The van der Waals surface area contributed by atoms with E-state index in [-0.39, 0.29) is 16.3 Å². The lowest BCUT2D eigenvalue weighted by Gasteiger charge is -2.18. The Morgan fingerprint density at radius 1 is 1.15 bits per heavy atom. The smallest absolute Gasteiger partial charge is 0.276 e. The number of sulfone groups is 1. The number of aryl methyl sites for hydroxylation is 2. The maximum absolute atomic E-state index is 12.8. The third kappa shape index (κ3) is 2.94. The molecule has 3 aromatic rings. The molecule has 2 aromatic carbocycles. The molecule has 2 heterocycles. The standard InChI is InChI=1S/C20H19N3O3S/c1-3-13-8-10-14(11-9-13)21-20(24)18-16-12-27(25,26)17-7-5-4-6-15(17)19(16)23(2)22-18/h4-11H,3,12H2,1-2H3,(H,21,24). The van der Waals surface area contributed by atoms with Gasteiger partial charge in [-0.2, -0.15) is 5.10 Å². The van der Waals surface area contributed by atoms with Crippen LogP contribution in [0.1, 0.15) is 28.5 Å². The van der Waals surface area contributed by atoms with E-state index in [1.807, 2.05) is 24.3 Å². The zero-order valence-corrected chi connectivity index (χ0v) is 15.9. The number of anilines is 1. The Kier molecular flexibility index (Phi) is 4.11. The van der Waals surface area contributed by atoms with Gasteiger partial charge in [0.05, 0.1) is 16.3 Å². The molecule has 0 fully saturated rings. The number of amides is 1. The predicted molar refractivity (Wildman–Crippen MR) is 103 cm³/mol. The molecule has 0 atom stereocenters. The summed E-state index contributed by atoms with van der Waals surface area (Å²) in [6, 6.07) is 14.4. The number of benzene rings is 2. The van der Waals surface area contributed by atoms with Crippen molar-refractivity contribution >= 4 is 21.4 Å². The van der Waals surface area contributed by atoms with Crippen molar-refractivity contribution in [2.24, 2.45) is 7.05 Å². The number of nitrogens with zero attached hydrogens (tertiary/aromatic N) is 2. The van der Waals surface area contributed by atoms with E-state index in [0.717, 1.165) is 6.42 Å². The van der Waals surface area contributed by atoms with E-state index < -0.39 is 15.7 Å². The van der Waals surface area contributed by atoms with Crippen molar-refractivity contribution in [1.29, 1.82) is 0 Å². The van der Waals surface area contributed by atoms with Crippen molar-refractivity contribution in [3.05, 3.63) is 65.4 Å². The van der Waals surface area contributed by atoms with Crippen molar-refractivity contribution in [2.75, 3.05) is 5.32 Å². The Balaban J connectivity index is 1.75. The molecule has 1 aliphatic heterocycles. The molecule has 0 spiro atoms. The fourth-order valence-electron chi connectivity index (χ4n) is 3.44. The molecule has 4 rings (SSSR count). The number of rotatable bonds is 3. The topological polar surface area (TPSA) is 81.1 Å². The Morgan fingerprint density at radius 3 is 2.56 bits per heavy atom. The van der Waals surface area contributed by atoms with E-state index >= 15 is 0 Å². The number of carbonyl (C=O) groups is 1. The third-order valence-electron chi connectivity index (χ3n) is 4.79. The molecule has 0 aliphatic carbocycles. The number of hydrogen-bond donors (Lipinski definition) is 1. The van der Waals surface area contributed by atoms with E-state index in [0.29, 0.717) is 22.5 Å². The second-order valence-electron chi connectivity index (χ2n) is 6.56. The summed E-state index contributed by atoms with van der Waals surface area (Å²) >= 11 is 0. The van der Waals surface area contributed by atoms with Crippen LogP contribution in [0.4, 0.5) is 5.69 Å². The van der Waals surface area contributed by atoms with Gasteiger partial charge < -0.3 is 5.32 Å². The fraction of sp³-hybridized carbons (Fsp3) is 0.200. The van der Waals surface area contributed by atoms with E-state index in [2.05, 4.69) is 17.3 Å². The van der Waals surface area contributed by atoms with Crippen LogP contribution in [0.15, 0.2) is 53.4 Å². The summed E-state index contributed by atoms with van der Waals surface area (Å²) in [5.74, 6) is -0.643. The van der Waals surface area contributed by atoms with Crippen LogP contribution in [0.2, 0.25) is 0 Å². The van der Waals surface area contributed by atoms with Gasteiger partial charge in [-0.1, -0.05) is 37.3 Å². The van der Waals surface area contributed by atoms with Gasteiger partial charge in [0.15, 0.2) is 15.5 Å². The molecule has 0 bridgehead atoms. The summed E-state index contributed by atoms with van der Waals surface area (Å²) in [5, 5.41) is 7.14. The first-order valence-electron chi connectivity index (χ1n) is 8.69. The molecule has 1 amide bonds. The van der Waals surface area contributed by atoms with Gasteiger partial charge in [-0.3, -0.25) is 9.48 Å². The number of hydrogen-bond acceptors (Lipinski definition) is 4. The molecular weight excluding hydrogens is 362 g/mol. The molecule has 6 nitrogen and oxygen atoms in total. The Hall–Kier alpha value is -2.93. The van der Waals surface area contributed by atoms with E-state index in [9.17, 15) is 13.2 Å². The lowest BCUT2D eigenvalue weighted by Crippen LogP contribution is -2.18. The molecule has 0 radical (unpaired) electrons. The highest BCUT2D eigenvalue weighted by atomic mass is 32.2. The summed E-state index contributed by atoms with van der Waals surface area (Å²) in [6.07, 6.45) is 0.916. The minimum absolute atomic E-state index is 0.144. The van der Waals surface area contributed by atoms with E-state index in [1.54, 1.807) is 36.0 Å². The largest absolute Gasteiger partial charge is 0.321 e. The minimum atomic E-state index is -3.51. The zero-order valence-electron chi connectivity index (χ0n) is 15.1. The average molecular weight is 381 g/mol. The van der Waals surface area contributed by atoms with Gasteiger partial charge in [-0.25, -0.2) is 8.42 Å². The molecule has 0 unspecified atom stereocenters. The van der Waals surface area contributed by atoms with Crippen LogP contribution in [-0.4, -0.2) is 24.1 Å². The Bertz CT molecular complexity index is 1150. The summed E-state index contributed by atoms with van der Waals surface area (Å²) in [7, 11) is -1.79. The molecule has 138 valence electrons. The van der Waals surface area contributed by atoms with Crippen molar-refractivity contribution < 1.29 is 13.2 Å². The Morgan fingerprint density at radius 2 is 1.85 bits per heavy atom. The summed E-state index contributed by atoms with van der Waals surface area (Å²) in [4.78, 5) is 13.1. The lowest BCUT2D eigenvalue weighted by molar-refractivity contribution is 0.102. The van der Waals surface area contributed by atoms with Crippen LogP contribution in [0, 0.1) is 0 Å². The monoisotopic (exact) mass is 381 g/mol. The molecular formula is C20H19N3O3S. The molecule has 27 heavy (non-hydrogen) atoms. The van der Waals surface area contributed by atoms with Gasteiger partial charge >= 0.3 is 0 Å². The number of nitrogens with one attached hydrogen (secondary N) is 1. The highest BCUT2D eigenvalue weighted by Gasteiger charge is 2.34. The van der Waals surface area contributed by atoms with Crippen molar-refractivity contribution in [1.82, 2.24) is 9.78 Å². The van der Waals surface area contributed by atoms with Crippen LogP contribution in [0.25, 0.3) is 11.3 Å². The van der Waals surface area contributed by atoms with Crippen LogP contribution in [0.3, 0.4) is 0 Å². The van der Waals surface area contributed by atoms with Crippen molar-refractivity contribution in [2.45, 2.75) is 24.0 Å². The van der Waals surface area contributed by atoms with Crippen LogP contribution in [0.5, 0.6) is 0 Å². The SMILES string of the molecule is CCc1ccc(NC(=O)c2nn(C)c3c2CS(=O)(=O)c2ccccc2-3)cc1. The highest BCUT2D eigenvalue weighted by molar-refractivity contribution is 7.90. The lowest BCUT2D eigenvalue weighted by atomic mass is 10.1. The normalized spacial score (nSPS) is 14.3. The maximum Gasteiger partial charge on any atom is 0.276 e. The van der Waals surface area contributed by atoms with Gasteiger partial charge in [-0.05, 0) is 30.2 Å². The van der Waals surface area contributed by atoms with Crippen LogP contribution >= 0.6 is 0 Å². The average Bonchev–Trinajstić information content (AvgIpc) is 2.98. The first-order valence-corrected chi connectivity index (χ1v) is 10.3. The zero-order chi connectivity index (χ0) is 19.2. The molecule has 0 saturated carbocycles. The first-order chi connectivity index (χ1) is 12.9.